The fourth-order valence-electron chi connectivity index (χ4n) is 1.86. The molecule has 0 bridgehead atoms. The first kappa shape index (κ1) is 13.8. The van der Waals surface area contributed by atoms with Crippen molar-refractivity contribution in [2.24, 2.45) is 0 Å². The van der Waals surface area contributed by atoms with Crippen LogP contribution in [0.4, 0.5) is 0 Å². The Hall–Kier alpha value is -1.61. The van der Waals surface area contributed by atoms with Gasteiger partial charge in [-0.3, -0.25) is 9.36 Å². The molecule has 2 rings (SSSR count). The Balaban J connectivity index is 2.75. The van der Waals surface area contributed by atoms with Gasteiger partial charge in [-0.25, -0.2) is 4.98 Å². The summed E-state index contributed by atoms with van der Waals surface area (Å²) in [5.74, 6) is 3.16. The third kappa shape index (κ3) is 2.71. The summed E-state index contributed by atoms with van der Waals surface area (Å²) in [5.41, 5.74) is 1.66. The van der Waals surface area contributed by atoms with Crippen molar-refractivity contribution in [2.75, 3.05) is 0 Å². The third-order valence-corrected chi connectivity index (χ3v) is 3.88. The number of aryl methyl sites for hydroxylation is 1. The second-order valence-electron chi connectivity index (χ2n) is 4.01. The van der Waals surface area contributed by atoms with Crippen LogP contribution in [0, 0.1) is 15.9 Å². The maximum absolute atomic E-state index is 12.4. The number of rotatable bonds is 3. The fourth-order valence-corrected chi connectivity index (χ4v) is 2.65. The maximum Gasteiger partial charge on any atom is 0.268 e. The zero-order chi connectivity index (χ0) is 13.8. The van der Waals surface area contributed by atoms with Gasteiger partial charge < -0.3 is 0 Å². The van der Waals surface area contributed by atoms with Crippen LogP contribution in [0.1, 0.15) is 12.6 Å². The average Bonchev–Trinajstić information content (AvgIpc) is 2.45. The Morgan fingerprint density at radius 1 is 1.37 bits per heavy atom. The summed E-state index contributed by atoms with van der Waals surface area (Å²) < 4.78 is 2.20. The Labute approximate surface area is 125 Å². The molecule has 3 nitrogen and oxygen atoms in total. The highest BCUT2D eigenvalue weighted by Crippen LogP contribution is 2.18. The highest BCUT2D eigenvalue weighted by molar-refractivity contribution is 14.1. The summed E-state index contributed by atoms with van der Waals surface area (Å²) in [6, 6.07) is 9.64. The van der Waals surface area contributed by atoms with Crippen molar-refractivity contribution < 1.29 is 0 Å². The minimum Gasteiger partial charge on any atom is -0.280 e. The summed E-state index contributed by atoms with van der Waals surface area (Å²) >= 11 is 2.04. The molecule has 96 valence electrons. The molecule has 0 radical (unpaired) electrons. The Morgan fingerprint density at radius 2 is 2.05 bits per heavy atom. The van der Waals surface area contributed by atoms with Crippen molar-refractivity contribution >= 4 is 22.6 Å². The van der Waals surface area contributed by atoms with Crippen LogP contribution in [0.5, 0.6) is 0 Å². The summed E-state index contributed by atoms with van der Waals surface area (Å²) in [7, 11) is 0. The van der Waals surface area contributed by atoms with Crippen LogP contribution in [0.25, 0.3) is 11.4 Å². The van der Waals surface area contributed by atoms with Gasteiger partial charge in [-0.2, -0.15) is 0 Å². The first-order valence-electron chi connectivity index (χ1n) is 5.97. The Morgan fingerprint density at radius 3 is 2.63 bits per heavy atom. The standard InChI is InChI=1S/C15H13IN2O/c1-3-10-18-14(11-8-6-5-7-9-11)17-12(4-2)13(16)15(18)19/h1,5-9H,4,10H2,2H3. The molecular formula is C15H13IN2O. The van der Waals surface area contributed by atoms with Crippen LogP contribution in [-0.4, -0.2) is 9.55 Å². The lowest BCUT2D eigenvalue weighted by atomic mass is 10.2. The van der Waals surface area contributed by atoms with Gasteiger partial charge in [0, 0.05) is 5.56 Å². The summed E-state index contributed by atoms with van der Waals surface area (Å²) in [6.45, 7) is 2.22. The molecule has 0 saturated carbocycles. The molecule has 0 aliphatic rings. The zero-order valence-electron chi connectivity index (χ0n) is 10.6. The summed E-state index contributed by atoms with van der Waals surface area (Å²) in [5, 5.41) is 0. The molecule has 0 saturated heterocycles. The molecule has 0 aliphatic heterocycles. The van der Waals surface area contributed by atoms with Gasteiger partial charge in [0.1, 0.15) is 5.82 Å². The molecule has 0 amide bonds. The van der Waals surface area contributed by atoms with Crippen molar-refractivity contribution in [1.82, 2.24) is 9.55 Å². The lowest BCUT2D eigenvalue weighted by Gasteiger charge is -2.12. The van der Waals surface area contributed by atoms with Crippen LogP contribution < -0.4 is 5.56 Å². The largest absolute Gasteiger partial charge is 0.280 e. The zero-order valence-corrected chi connectivity index (χ0v) is 12.7. The molecule has 1 aromatic heterocycles. The SMILES string of the molecule is C#CCn1c(-c2ccccc2)nc(CC)c(I)c1=O. The van der Waals surface area contributed by atoms with E-state index >= 15 is 0 Å². The van der Waals surface area contributed by atoms with Crippen LogP contribution >= 0.6 is 22.6 Å². The number of benzene rings is 1. The van der Waals surface area contributed by atoms with Gasteiger partial charge in [0.2, 0.25) is 0 Å². The van der Waals surface area contributed by atoms with Crippen LogP contribution in [-0.2, 0) is 13.0 Å². The minimum absolute atomic E-state index is 0.0655. The van der Waals surface area contributed by atoms with Gasteiger partial charge in [0.25, 0.3) is 5.56 Å². The molecule has 19 heavy (non-hydrogen) atoms. The molecule has 1 heterocycles. The number of aromatic nitrogens is 2. The second-order valence-corrected chi connectivity index (χ2v) is 5.09. The van der Waals surface area contributed by atoms with Crippen molar-refractivity contribution in [2.45, 2.75) is 19.9 Å². The second kappa shape index (κ2) is 6.02. The van der Waals surface area contributed by atoms with E-state index in [9.17, 15) is 4.79 Å². The predicted octanol–water partition coefficient (Wildman–Crippen LogP) is 2.71. The molecule has 0 spiro atoms. The van der Waals surface area contributed by atoms with Crippen LogP contribution in [0.3, 0.4) is 0 Å². The van der Waals surface area contributed by atoms with E-state index in [1.165, 1.54) is 0 Å². The van der Waals surface area contributed by atoms with Gasteiger partial charge >= 0.3 is 0 Å². The van der Waals surface area contributed by atoms with Gasteiger partial charge in [-0.15, -0.1) is 6.42 Å². The third-order valence-electron chi connectivity index (χ3n) is 2.80. The number of hydrogen-bond donors (Lipinski definition) is 0. The van der Waals surface area contributed by atoms with E-state index in [-0.39, 0.29) is 12.1 Å². The normalized spacial score (nSPS) is 10.2. The molecule has 4 heteroatoms. The molecule has 0 N–H and O–H groups in total. The average molecular weight is 364 g/mol. The topological polar surface area (TPSA) is 34.9 Å². The van der Waals surface area contributed by atoms with Gasteiger partial charge in [-0.05, 0) is 29.0 Å². The van der Waals surface area contributed by atoms with Gasteiger partial charge in [0.05, 0.1) is 15.8 Å². The van der Waals surface area contributed by atoms with Gasteiger partial charge in [-0.1, -0.05) is 43.2 Å². The van der Waals surface area contributed by atoms with Gasteiger partial charge in [0.15, 0.2) is 0 Å². The Bertz CT molecular complexity index is 684. The highest BCUT2D eigenvalue weighted by atomic mass is 127. The Kier molecular flexibility index (Phi) is 4.38. The smallest absolute Gasteiger partial charge is 0.268 e. The molecule has 0 atom stereocenters. The van der Waals surface area contributed by atoms with E-state index in [1.807, 2.05) is 59.8 Å². The molecule has 1 aromatic carbocycles. The molecule has 0 aliphatic carbocycles. The molecule has 0 fully saturated rings. The summed E-state index contributed by atoms with van der Waals surface area (Å²) in [4.78, 5) is 17.0. The molecular weight excluding hydrogens is 351 g/mol. The van der Waals surface area contributed by atoms with Crippen molar-refractivity contribution in [3.63, 3.8) is 0 Å². The van der Waals surface area contributed by atoms with E-state index in [0.29, 0.717) is 9.39 Å². The number of terminal acetylenes is 1. The quantitative estimate of drug-likeness (QED) is 0.620. The first-order chi connectivity index (χ1) is 9.19. The number of halogens is 1. The predicted molar refractivity (Wildman–Crippen MR) is 84.9 cm³/mol. The van der Waals surface area contributed by atoms with Crippen molar-refractivity contribution in [3.05, 3.63) is 49.9 Å². The number of hydrogen-bond acceptors (Lipinski definition) is 2. The van der Waals surface area contributed by atoms with E-state index in [2.05, 4.69) is 10.9 Å². The first-order valence-corrected chi connectivity index (χ1v) is 7.05. The van der Waals surface area contributed by atoms with Crippen molar-refractivity contribution in [1.29, 1.82) is 0 Å². The van der Waals surface area contributed by atoms with E-state index < -0.39 is 0 Å². The lowest BCUT2D eigenvalue weighted by Crippen LogP contribution is -2.27. The maximum atomic E-state index is 12.4. The fraction of sp³-hybridized carbons (Fsp3) is 0.200. The lowest BCUT2D eigenvalue weighted by molar-refractivity contribution is 0.758. The van der Waals surface area contributed by atoms with Crippen molar-refractivity contribution in [3.8, 4) is 23.7 Å². The van der Waals surface area contributed by atoms with E-state index in [0.717, 1.165) is 17.7 Å². The molecule has 2 aromatic rings. The van der Waals surface area contributed by atoms with Crippen LogP contribution in [0.15, 0.2) is 35.1 Å². The highest BCUT2D eigenvalue weighted by Gasteiger charge is 2.14. The minimum atomic E-state index is -0.0655. The summed E-state index contributed by atoms with van der Waals surface area (Å²) in [6.07, 6.45) is 6.08. The van der Waals surface area contributed by atoms with Crippen LogP contribution in [0.2, 0.25) is 0 Å². The van der Waals surface area contributed by atoms with E-state index in [1.54, 1.807) is 4.57 Å². The van der Waals surface area contributed by atoms with E-state index in [4.69, 9.17) is 6.42 Å². The number of nitrogens with zero attached hydrogens (tertiary/aromatic N) is 2. The monoisotopic (exact) mass is 364 g/mol. The molecule has 0 unspecified atom stereocenters.